The Kier molecular flexibility index (Phi) is 29.9. The standard InChI is InChI=1S/C37H54NO8P/c1-3-5-7-9-11-13-15-17-19-21-23-25-27-29-36(39)43-33-35(34-45-47(41,42)44-32-31-38)46-37(40)30-28-26-24-22-20-18-16-14-12-10-8-6-4-2/h5-24,35H,3-4,25-34,38H2,1-2H3,(H,41,42)/b7-5+,8-6+,11-9+,12-10+,15-13+,16-14+,19-17+,20-18+,23-21+,24-22+. The number of hydrogen-bond acceptors (Lipinski definition) is 8. The molecule has 2 atom stereocenters. The number of rotatable bonds is 27. The molecule has 0 heterocycles. The summed E-state index contributed by atoms with van der Waals surface area (Å²) in [5.41, 5.74) is 5.30. The van der Waals surface area contributed by atoms with Crippen molar-refractivity contribution in [1.29, 1.82) is 0 Å². The van der Waals surface area contributed by atoms with E-state index in [2.05, 4.69) is 26.0 Å². The summed E-state index contributed by atoms with van der Waals surface area (Å²) in [7, 11) is -4.41. The number of carbonyl (C=O) groups is 2. The Balaban J connectivity index is 4.62. The second-order valence-electron chi connectivity index (χ2n) is 9.80. The Morgan fingerprint density at radius 3 is 1.51 bits per heavy atom. The van der Waals surface area contributed by atoms with Gasteiger partial charge >= 0.3 is 19.8 Å². The highest BCUT2D eigenvalue weighted by Crippen LogP contribution is 2.43. The number of phosphoric acid groups is 1. The maximum atomic E-state index is 12.4. The van der Waals surface area contributed by atoms with Crippen LogP contribution in [0.15, 0.2) is 122 Å². The smallest absolute Gasteiger partial charge is 0.462 e. The van der Waals surface area contributed by atoms with Crippen molar-refractivity contribution >= 4 is 19.8 Å². The Bertz CT molecular complexity index is 1170. The lowest BCUT2D eigenvalue weighted by Crippen LogP contribution is -2.29. The van der Waals surface area contributed by atoms with Crippen LogP contribution in [0.1, 0.15) is 65.2 Å². The highest BCUT2D eigenvalue weighted by molar-refractivity contribution is 7.47. The molecule has 0 amide bonds. The van der Waals surface area contributed by atoms with E-state index in [-0.39, 0.29) is 32.6 Å². The first kappa shape index (κ1) is 43.4. The first-order valence-electron chi connectivity index (χ1n) is 16.1. The monoisotopic (exact) mass is 671 g/mol. The number of phosphoric ester groups is 1. The molecule has 0 saturated carbocycles. The summed E-state index contributed by atoms with van der Waals surface area (Å²) in [6, 6.07) is 0. The topological polar surface area (TPSA) is 134 Å². The SMILES string of the molecule is CC/C=C/C=C/C=C/C=C/C=C/CCCC(=O)OCC(COP(=O)(O)OCCN)OC(=O)CCC/C=C/C=C/C=C/C=C/C=C/CC. The highest BCUT2D eigenvalue weighted by Gasteiger charge is 2.25. The molecule has 0 aromatic carbocycles. The molecule has 9 nitrogen and oxygen atoms in total. The van der Waals surface area contributed by atoms with Crippen LogP contribution in [0.3, 0.4) is 0 Å². The molecule has 0 spiro atoms. The maximum Gasteiger partial charge on any atom is 0.472 e. The molecule has 0 aliphatic heterocycles. The molecule has 0 bridgehead atoms. The number of allylic oxidation sites excluding steroid dienone is 20. The molecular formula is C37H54NO8P. The van der Waals surface area contributed by atoms with Gasteiger partial charge in [-0.25, -0.2) is 4.57 Å². The number of unbranched alkanes of at least 4 members (excludes halogenated alkanes) is 2. The van der Waals surface area contributed by atoms with Crippen LogP contribution in [-0.2, 0) is 32.7 Å². The van der Waals surface area contributed by atoms with E-state index in [0.717, 1.165) is 12.8 Å². The lowest BCUT2D eigenvalue weighted by atomic mass is 10.2. The van der Waals surface area contributed by atoms with Crippen molar-refractivity contribution in [3.8, 4) is 0 Å². The summed E-state index contributed by atoms with van der Waals surface area (Å²) in [6.45, 7) is 3.19. The normalized spacial score (nSPS) is 15.1. The van der Waals surface area contributed by atoms with E-state index in [4.69, 9.17) is 24.3 Å². The van der Waals surface area contributed by atoms with E-state index < -0.39 is 32.5 Å². The third-order valence-electron chi connectivity index (χ3n) is 5.60. The molecule has 0 aromatic rings. The summed E-state index contributed by atoms with van der Waals surface area (Å²) >= 11 is 0. The predicted octanol–water partition coefficient (Wildman–Crippen LogP) is 8.26. The molecule has 0 radical (unpaired) electrons. The van der Waals surface area contributed by atoms with Gasteiger partial charge in [0.2, 0.25) is 0 Å². The van der Waals surface area contributed by atoms with Crippen LogP contribution in [0.4, 0.5) is 0 Å². The molecule has 10 heteroatoms. The van der Waals surface area contributed by atoms with Crippen molar-refractivity contribution in [3.05, 3.63) is 122 Å². The molecule has 47 heavy (non-hydrogen) atoms. The van der Waals surface area contributed by atoms with E-state index in [0.29, 0.717) is 25.7 Å². The molecule has 0 rings (SSSR count). The molecule has 2 unspecified atom stereocenters. The zero-order valence-electron chi connectivity index (χ0n) is 27.9. The van der Waals surface area contributed by atoms with Crippen molar-refractivity contribution in [2.75, 3.05) is 26.4 Å². The van der Waals surface area contributed by atoms with Gasteiger partial charge in [0.05, 0.1) is 13.2 Å². The van der Waals surface area contributed by atoms with Gasteiger partial charge in [-0.05, 0) is 38.5 Å². The van der Waals surface area contributed by atoms with Gasteiger partial charge in [-0.3, -0.25) is 18.6 Å². The predicted molar refractivity (Wildman–Crippen MR) is 191 cm³/mol. The number of nitrogens with two attached hydrogens (primary N) is 1. The summed E-state index contributed by atoms with van der Waals surface area (Å²) < 4.78 is 32.3. The number of ether oxygens (including phenoxy) is 2. The minimum Gasteiger partial charge on any atom is -0.462 e. The molecule has 3 N–H and O–H groups in total. The Morgan fingerprint density at radius 1 is 0.638 bits per heavy atom. The molecule has 260 valence electrons. The first-order valence-corrected chi connectivity index (χ1v) is 17.6. The Morgan fingerprint density at radius 2 is 1.06 bits per heavy atom. The van der Waals surface area contributed by atoms with Crippen LogP contribution in [0.5, 0.6) is 0 Å². The van der Waals surface area contributed by atoms with Crippen LogP contribution >= 0.6 is 7.82 Å². The van der Waals surface area contributed by atoms with Gasteiger partial charge in [0.15, 0.2) is 6.10 Å². The van der Waals surface area contributed by atoms with Crippen LogP contribution in [0, 0.1) is 0 Å². The van der Waals surface area contributed by atoms with E-state index in [1.54, 1.807) is 0 Å². The number of hydrogen-bond donors (Lipinski definition) is 2. The fraction of sp³-hybridized carbons (Fsp3) is 0.405. The molecular weight excluding hydrogens is 617 g/mol. The highest BCUT2D eigenvalue weighted by atomic mass is 31.2. The lowest BCUT2D eigenvalue weighted by molar-refractivity contribution is -0.161. The number of esters is 2. The molecule has 0 aliphatic carbocycles. The molecule has 0 saturated heterocycles. The van der Waals surface area contributed by atoms with Crippen molar-refractivity contribution < 1.29 is 37.6 Å². The number of carbonyl (C=O) groups excluding carboxylic acids is 2. The Hall–Kier alpha value is -3.59. The summed E-state index contributed by atoms with van der Waals surface area (Å²) in [4.78, 5) is 34.5. The molecule has 0 aromatic heterocycles. The van der Waals surface area contributed by atoms with Crippen molar-refractivity contribution in [3.63, 3.8) is 0 Å². The summed E-state index contributed by atoms with van der Waals surface area (Å²) in [6.07, 6.45) is 42.6. The summed E-state index contributed by atoms with van der Waals surface area (Å²) in [5.74, 6) is -1.02. The van der Waals surface area contributed by atoms with Gasteiger partial charge in [0, 0.05) is 19.4 Å². The van der Waals surface area contributed by atoms with Crippen molar-refractivity contribution in [1.82, 2.24) is 0 Å². The second-order valence-corrected chi connectivity index (χ2v) is 11.3. The van der Waals surface area contributed by atoms with Crippen LogP contribution in [-0.4, -0.2) is 49.3 Å². The van der Waals surface area contributed by atoms with E-state index in [9.17, 15) is 19.0 Å². The zero-order valence-corrected chi connectivity index (χ0v) is 28.8. The first-order chi connectivity index (χ1) is 22.8. The Labute approximate surface area is 281 Å². The lowest BCUT2D eigenvalue weighted by Gasteiger charge is -2.19. The average Bonchev–Trinajstić information content (AvgIpc) is 3.05. The van der Waals surface area contributed by atoms with Crippen LogP contribution in [0.2, 0.25) is 0 Å². The van der Waals surface area contributed by atoms with Crippen LogP contribution in [0.25, 0.3) is 0 Å². The van der Waals surface area contributed by atoms with Crippen molar-refractivity contribution in [2.45, 2.75) is 71.3 Å². The van der Waals surface area contributed by atoms with E-state index in [1.807, 2.05) is 109 Å². The van der Waals surface area contributed by atoms with Gasteiger partial charge in [-0.15, -0.1) is 0 Å². The van der Waals surface area contributed by atoms with Crippen LogP contribution < -0.4 is 5.73 Å². The third kappa shape index (κ3) is 32.2. The minimum absolute atomic E-state index is 0.0243. The summed E-state index contributed by atoms with van der Waals surface area (Å²) in [5, 5.41) is 0. The third-order valence-corrected chi connectivity index (χ3v) is 6.58. The second kappa shape index (κ2) is 32.4. The largest absolute Gasteiger partial charge is 0.472 e. The fourth-order valence-electron chi connectivity index (χ4n) is 3.28. The molecule has 0 aliphatic rings. The van der Waals surface area contributed by atoms with Gasteiger partial charge in [-0.1, -0.05) is 135 Å². The molecule has 0 fully saturated rings. The fourth-order valence-corrected chi connectivity index (χ4v) is 4.04. The van der Waals surface area contributed by atoms with Crippen molar-refractivity contribution in [2.24, 2.45) is 5.73 Å². The van der Waals surface area contributed by atoms with Gasteiger partial charge < -0.3 is 20.1 Å². The zero-order chi connectivity index (χ0) is 34.7. The van der Waals surface area contributed by atoms with E-state index in [1.165, 1.54) is 0 Å². The van der Waals surface area contributed by atoms with Gasteiger partial charge in [-0.2, -0.15) is 0 Å². The van der Waals surface area contributed by atoms with E-state index >= 15 is 0 Å². The van der Waals surface area contributed by atoms with Gasteiger partial charge in [0.1, 0.15) is 6.61 Å². The maximum absolute atomic E-state index is 12.4. The quantitative estimate of drug-likeness (QED) is 0.0383. The van der Waals surface area contributed by atoms with Gasteiger partial charge in [0.25, 0.3) is 0 Å². The average molecular weight is 672 g/mol. The minimum atomic E-state index is -4.41.